The molecule has 164 valence electrons. The van der Waals surface area contributed by atoms with Crippen molar-refractivity contribution in [3.05, 3.63) is 78.1 Å². The van der Waals surface area contributed by atoms with Crippen molar-refractivity contribution in [2.24, 2.45) is 4.99 Å². The molecule has 0 heterocycles. The average Bonchev–Trinajstić information content (AvgIpc) is 2.73. The molecule has 7 nitrogen and oxygen atoms in total. The number of nitrogens with zero attached hydrogens (tertiary/aromatic N) is 1. The summed E-state index contributed by atoms with van der Waals surface area (Å²) in [5.41, 5.74) is 4.29. The van der Waals surface area contributed by atoms with Crippen LogP contribution in [0.2, 0.25) is 0 Å². The molecule has 0 fully saturated rings. The van der Waals surface area contributed by atoms with E-state index in [1.165, 1.54) is 23.0 Å². The lowest BCUT2D eigenvalue weighted by molar-refractivity contribution is -0.0238. The van der Waals surface area contributed by atoms with Gasteiger partial charge in [-0.05, 0) is 30.2 Å². The van der Waals surface area contributed by atoms with Gasteiger partial charge in [0.15, 0.2) is 6.79 Å². The lowest BCUT2D eigenvalue weighted by Crippen LogP contribution is -2.18. The zero-order valence-corrected chi connectivity index (χ0v) is 17.7. The average molecular weight is 418 g/mol. The van der Waals surface area contributed by atoms with Gasteiger partial charge in [-0.1, -0.05) is 62.4 Å². The summed E-state index contributed by atoms with van der Waals surface area (Å²) in [4.78, 5) is 13.8. The number of aliphatic imine (C=N–C) groups is 1. The number of aliphatic hydroxyl groups excluding tert-OH is 2. The van der Waals surface area contributed by atoms with Crippen LogP contribution in [0, 0.1) is 6.92 Å². The number of isocyanates is 1. The fourth-order valence-electron chi connectivity index (χ4n) is 2.36. The van der Waals surface area contributed by atoms with Crippen molar-refractivity contribution in [2.45, 2.75) is 26.2 Å². The molecule has 30 heavy (non-hydrogen) atoms. The van der Waals surface area contributed by atoms with Crippen molar-refractivity contribution in [1.29, 1.82) is 0 Å². The summed E-state index contributed by atoms with van der Waals surface area (Å²) in [6, 6.07) is 16.3. The van der Waals surface area contributed by atoms with Crippen LogP contribution >= 0.6 is 0 Å². The lowest BCUT2D eigenvalue weighted by Gasteiger charge is -2.26. The Morgan fingerprint density at radius 1 is 1.03 bits per heavy atom. The molecule has 0 aliphatic rings. The van der Waals surface area contributed by atoms with Crippen LogP contribution in [0.4, 0.5) is 5.69 Å². The molecular weight excluding hydrogens is 386 g/mol. The van der Waals surface area contributed by atoms with Gasteiger partial charge < -0.3 is 24.8 Å². The van der Waals surface area contributed by atoms with Crippen molar-refractivity contribution < 1.29 is 29.6 Å². The Morgan fingerprint density at radius 3 is 1.97 bits per heavy atom. The van der Waals surface area contributed by atoms with Gasteiger partial charge in [-0.25, -0.2) is 4.79 Å². The van der Waals surface area contributed by atoms with E-state index >= 15 is 0 Å². The van der Waals surface area contributed by atoms with Crippen molar-refractivity contribution in [3.63, 3.8) is 0 Å². The minimum Gasteiger partial charge on any atom is -0.476 e. The minimum absolute atomic E-state index is 0.0283. The first-order valence-corrected chi connectivity index (χ1v) is 9.25. The van der Waals surface area contributed by atoms with E-state index in [0.717, 1.165) is 0 Å². The molecule has 0 saturated carbocycles. The van der Waals surface area contributed by atoms with Crippen LogP contribution in [0.15, 0.2) is 66.4 Å². The van der Waals surface area contributed by atoms with Crippen LogP contribution in [-0.4, -0.2) is 48.2 Å². The van der Waals surface area contributed by atoms with Gasteiger partial charge in [-0.3, -0.25) is 0 Å². The Bertz CT molecular complexity index is 750. The molecule has 0 saturated heterocycles. The summed E-state index contributed by atoms with van der Waals surface area (Å²) in [7, 11) is 0. The van der Waals surface area contributed by atoms with E-state index in [-0.39, 0.29) is 18.8 Å². The maximum absolute atomic E-state index is 10.2. The van der Waals surface area contributed by atoms with Gasteiger partial charge in [0.2, 0.25) is 6.08 Å². The van der Waals surface area contributed by atoms with Crippen molar-refractivity contribution in [3.8, 4) is 0 Å². The Hall–Kier alpha value is -2.80. The number of rotatable bonds is 8. The highest BCUT2D eigenvalue weighted by atomic mass is 16.7. The molecule has 2 rings (SSSR count). The largest absolute Gasteiger partial charge is 0.476 e. The number of aliphatic hydroxyl groups is 3. The molecule has 0 atom stereocenters. The first-order valence-electron chi connectivity index (χ1n) is 9.25. The highest BCUT2D eigenvalue weighted by Gasteiger charge is 2.22. The Labute approximate surface area is 177 Å². The number of hydrogen-bond donors (Lipinski definition) is 3. The summed E-state index contributed by atoms with van der Waals surface area (Å²) in [5, 5.41) is 22.4. The number of benzene rings is 2. The monoisotopic (exact) mass is 417 g/mol. The molecule has 0 aliphatic heterocycles. The van der Waals surface area contributed by atoms with E-state index < -0.39 is 6.79 Å². The molecule has 0 unspecified atom stereocenters. The number of ether oxygens (including phenoxy) is 2. The molecule has 3 N–H and O–H groups in total. The summed E-state index contributed by atoms with van der Waals surface area (Å²) in [5.74, 6) is 0. The Balaban J connectivity index is 0.000000641. The molecule has 2 aromatic carbocycles. The van der Waals surface area contributed by atoms with Gasteiger partial charge in [0.1, 0.15) is 6.79 Å². The highest BCUT2D eigenvalue weighted by Crippen LogP contribution is 2.32. The van der Waals surface area contributed by atoms with Gasteiger partial charge in [0.05, 0.1) is 25.2 Å². The fourth-order valence-corrected chi connectivity index (χ4v) is 2.36. The zero-order chi connectivity index (χ0) is 22.8. The Kier molecular flexibility index (Phi) is 14.5. The summed E-state index contributed by atoms with van der Waals surface area (Å²) in [6.45, 7) is 9.52. The normalized spacial score (nSPS) is 9.80. The van der Waals surface area contributed by atoms with E-state index in [1.807, 2.05) is 24.3 Å². The van der Waals surface area contributed by atoms with Gasteiger partial charge in [0.25, 0.3) is 0 Å². The quantitative estimate of drug-likeness (QED) is 0.200. The fraction of sp³-hybridized carbons (Fsp3) is 0.348. The maximum Gasteiger partial charge on any atom is 0.240 e. The maximum atomic E-state index is 10.2. The lowest BCUT2D eigenvalue weighted by atomic mass is 9.78. The molecule has 0 spiro atoms. The van der Waals surface area contributed by atoms with Crippen LogP contribution < -0.4 is 0 Å². The van der Waals surface area contributed by atoms with E-state index in [2.05, 4.69) is 66.1 Å². The van der Waals surface area contributed by atoms with E-state index in [1.54, 1.807) is 6.08 Å². The van der Waals surface area contributed by atoms with E-state index in [4.69, 9.17) is 15.3 Å². The second-order valence-corrected chi connectivity index (χ2v) is 6.47. The molecule has 0 aliphatic carbocycles. The third-order valence-corrected chi connectivity index (χ3v) is 4.04. The molecule has 0 amide bonds. The molecule has 0 radical (unpaired) electrons. The van der Waals surface area contributed by atoms with E-state index in [9.17, 15) is 4.79 Å². The molecular formula is C23H31NO6. The predicted molar refractivity (Wildman–Crippen MR) is 116 cm³/mol. The van der Waals surface area contributed by atoms with Gasteiger partial charge in [0, 0.05) is 5.41 Å². The number of hydrogen-bond acceptors (Lipinski definition) is 7. The summed E-state index contributed by atoms with van der Waals surface area (Å²) >= 11 is 0. The third-order valence-electron chi connectivity index (χ3n) is 4.04. The molecule has 0 bridgehead atoms. The van der Waals surface area contributed by atoms with Crippen LogP contribution in [0.5, 0.6) is 0 Å². The molecule has 2 aromatic rings. The van der Waals surface area contributed by atoms with Gasteiger partial charge >= 0.3 is 0 Å². The second kappa shape index (κ2) is 16.0. The first kappa shape index (κ1) is 27.2. The zero-order valence-electron chi connectivity index (χ0n) is 17.7. The summed E-state index contributed by atoms with van der Waals surface area (Å²) < 4.78 is 9.25. The second-order valence-electron chi connectivity index (χ2n) is 6.47. The standard InChI is InChI=1S/C17H17NO.C5H10O3.CH4O2/c1-13-4-6-14(7-5-13)17(2,3)15-8-10-16(11-9-15)18-12-19;1-2-7-5-8-4-3-6;2-1-3/h4-11H,1-3H3;2,6H,1,3-5H2;2-3H,1H2. The molecule has 0 aromatic heterocycles. The number of aryl methyl sites for hydroxylation is 1. The van der Waals surface area contributed by atoms with Crippen LogP contribution in [-0.2, 0) is 19.7 Å². The number of carbonyl (C=O) groups excluding carboxylic acids is 1. The minimum atomic E-state index is -0.750. The SMILES string of the molecule is C=COCOCCO.Cc1ccc(C(C)(C)c2ccc(N=C=O)cc2)cc1.OCO. The molecule has 7 heteroatoms. The van der Waals surface area contributed by atoms with Crippen molar-refractivity contribution in [1.82, 2.24) is 0 Å². The van der Waals surface area contributed by atoms with Gasteiger partial charge in [-0.15, -0.1) is 0 Å². The van der Waals surface area contributed by atoms with Crippen LogP contribution in [0.25, 0.3) is 0 Å². The smallest absolute Gasteiger partial charge is 0.240 e. The topological polar surface area (TPSA) is 109 Å². The predicted octanol–water partition coefficient (Wildman–Crippen LogP) is 3.33. The summed E-state index contributed by atoms with van der Waals surface area (Å²) in [6.07, 6.45) is 2.84. The van der Waals surface area contributed by atoms with E-state index in [0.29, 0.717) is 12.3 Å². The van der Waals surface area contributed by atoms with Crippen molar-refractivity contribution in [2.75, 3.05) is 26.8 Å². The third kappa shape index (κ3) is 10.7. The Morgan fingerprint density at radius 2 is 1.53 bits per heavy atom. The van der Waals surface area contributed by atoms with Crippen molar-refractivity contribution >= 4 is 11.8 Å². The van der Waals surface area contributed by atoms with Gasteiger partial charge in [-0.2, -0.15) is 4.99 Å². The first-order chi connectivity index (χ1) is 14.4. The highest BCUT2D eigenvalue weighted by molar-refractivity contribution is 5.51. The van der Waals surface area contributed by atoms with Crippen LogP contribution in [0.1, 0.15) is 30.5 Å². The van der Waals surface area contributed by atoms with Crippen LogP contribution in [0.3, 0.4) is 0 Å².